The molecule has 0 aliphatic carbocycles. The molecule has 0 spiro atoms. The minimum atomic E-state index is -0.101. The summed E-state index contributed by atoms with van der Waals surface area (Å²) in [5.74, 6) is 0.210. The molecule has 1 aromatic carbocycles. The van der Waals surface area contributed by atoms with E-state index in [0.29, 0.717) is 23.0 Å². The van der Waals surface area contributed by atoms with Crippen LogP contribution < -0.4 is 5.32 Å². The molecule has 1 amide bonds. The van der Waals surface area contributed by atoms with E-state index in [9.17, 15) is 4.79 Å². The zero-order chi connectivity index (χ0) is 10.6. The molecule has 0 atom stereocenters. The number of benzene rings is 1. The van der Waals surface area contributed by atoms with E-state index in [2.05, 4.69) is 5.32 Å². The Morgan fingerprint density at radius 2 is 2.21 bits per heavy atom. The van der Waals surface area contributed by atoms with Crippen LogP contribution in [0.4, 0.5) is 0 Å². The van der Waals surface area contributed by atoms with Crippen LogP contribution >= 0.6 is 23.2 Å². The first-order valence-electron chi connectivity index (χ1n) is 4.31. The predicted octanol–water partition coefficient (Wildman–Crippen LogP) is 2.83. The van der Waals surface area contributed by atoms with Gasteiger partial charge in [-0.05, 0) is 30.7 Å². The second-order valence-electron chi connectivity index (χ2n) is 2.80. The fourth-order valence-corrected chi connectivity index (χ4v) is 1.55. The van der Waals surface area contributed by atoms with Crippen molar-refractivity contribution in [1.82, 2.24) is 5.32 Å². The second kappa shape index (κ2) is 5.23. The van der Waals surface area contributed by atoms with Gasteiger partial charge in [-0.3, -0.25) is 4.79 Å². The van der Waals surface area contributed by atoms with Crippen LogP contribution in [0.5, 0.6) is 0 Å². The molecule has 2 nitrogen and oxygen atoms in total. The van der Waals surface area contributed by atoms with Crippen LogP contribution in [0.3, 0.4) is 0 Å². The first-order chi connectivity index (χ1) is 6.69. The van der Waals surface area contributed by atoms with E-state index in [1.807, 2.05) is 6.92 Å². The molecule has 1 rings (SSSR count). The van der Waals surface area contributed by atoms with Gasteiger partial charge in [0.1, 0.15) is 0 Å². The van der Waals surface area contributed by atoms with Crippen molar-refractivity contribution in [2.45, 2.75) is 12.8 Å². The van der Waals surface area contributed by atoms with Crippen LogP contribution in [-0.4, -0.2) is 12.5 Å². The lowest BCUT2D eigenvalue weighted by Crippen LogP contribution is -2.22. The van der Waals surface area contributed by atoms with Crippen molar-refractivity contribution in [2.75, 3.05) is 6.54 Å². The Kier molecular flexibility index (Phi) is 4.23. The number of nitrogens with one attached hydrogen (secondary N) is 1. The summed E-state index contributed by atoms with van der Waals surface area (Å²) in [7, 11) is 0. The van der Waals surface area contributed by atoms with Gasteiger partial charge in [0.15, 0.2) is 0 Å². The monoisotopic (exact) mass is 231 g/mol. The average molecular weight is 232 g/mol. The molecule has 76 valence electrons. The van der Waals surface area contributed by atoms with Crippen LogP contribution in [0, 0.1) is 0 Å². The standard InChI is InChI=1S/C10H11Cl2NO/c1-2-13-10(14)7-3-4-9(12)8(5-7)6-11/h3-5H,2,6H2,1H3,(H,13,14). The van der Waals surface area contributed by atoms with Crippen molar-refractivity contribution >= 4 is 29.1 Å². The van der Waals surface area contributed by atoms with Gasteiger partial charge in [0.25, 0.3) is 5.91 Å². The third-order valence-corrected chi connectivity index (χ3v) is 2.45. The Morgan fingerprint density at radius 1 is 1.50 bits per heavy atom. The maximum absolute atomic E-state index is 11.4. The zero-order valence-electron chi connectivity index (χ0n) is 7.81. The van der Waals surface area contributed by atoms with Gasteiger partial charge in [0.05, 0.1) is 0 Å². The van der Waals surface area contributed by atoms with Gasteiger partial charge < -0.3 is 5.32 Å². The van der Waals surface area contributed by atoms with Gasteiger partial charge in [0.2, 0.25) is 0 Å². The molecule has 0 aliphatic heterocycles. The quantitative estimate of drug-likeness (QED) is 0.797. The summed E-state index contributed by atoms with van der Waals surface area (Å²) in [6.45, 7) is 2.48. The maximum atomic E-state index is 11.4. The summed E-state index contributed by atoms with van der Waals surface area (Å²) in [6, 6.07) is 5.08. The molecular formula is C10H11Cl2NO. The third-order valence-electron chi connectivity index (χ3n) is 1.79. The highest BCUT2D eigenvalue weighted by Gasteiger charge is 2.06. The topological polar surface area (TPSA) is 29.1 Å². The number of hydrogen-bond donors (Lipinski definition) is 1. The van der Waals surface area contributed by atoms with Crippen LogP contribution in [0.25, 0.3) is 0 Å². The number of carbonyl (C=O) groups is 1. The Hall–Kier alpha value is -0.730. The summed E-state index contributed by atoms with van der Waals surface area (Å²) < 4.78 is 0. The Balaban J connectivity index is 2.94. The first-order valence-corrected chi connectivity index (χ1v) is 5.23. The van der Waals surface area contributed by atoms with Gasteiger partial charge in [-0.25, -0.2) is 0 Å². The van der Waals surface area contributed by atoms with E-state index in [1.165, 1.54) is 0 Å². The molecule has 0 aliphatic rings. The summed E-state index contributed by atoms with van der Waals surface area (Å²) >= 11 is 11.5. The van der Waals surface area contributed by atoms with Crippen molar-refractivity contribution in [3.8, 4) is 0 Å². The fraction of sp³-hybridized carbons (Fsp3) is 0.300. The Bertz CT molecular complexity index is 339. The molecule has 0 radical (unpaired) electrons. The number of amides is 1. The maximum Gasteiger partial charge on any atom is 0.251 e. The lowest BCUT2D eigenvalue weighted by molar-refractivity contribution is 0.0956. The summed E-state index contributed by atoms with van der Waals surface area (Å²) in [5.41, 5.74) is 1.36. The van der Waals surface area contributed by atoms with Gasteiger partial charge in [0, 0.05) is 23.0 Å². The fourth-order valence-electron chi connectivity index (χ4n) is 1.08. The molecule has 0 fully saturated rings. The van der Waals surface area contributed by atoms with Gasteiger partial charge in [-0.15, -0.1) is 11.6 Å². The molecule has 0 bridgehead atoms. The smallest absolute Gasteiger partial charge is 0.251 e. The van der Waals surface area contributed by atoms with Crippen molar-refractivity contribution < 1.29 is 4.79 Å². The van der Waals surface area contributed by atoms with Gasteiger partial charge >= 0.3 is 0 Å². The van der Waals surface area contributed by atoms with Gasteiger partial charge in [-0.2, -0.15) is 0 Å². The summed E-state index contributed by atoms with van der Waals surface area (Å²) in [5, 5.41) is 3.30. The minimum Gasteiger partial charge on any atom is -0.352 e. The van der Waals surface area contributed by atoms with E-state index in [0.717, 1.165) is 5.56 Å². The average Bonchev–Trinajstić information content (AvgIpc) is 2.19. The predicted molar refractivity (Wildman–Crippen MR) is 59.0 cm³/mol. The highest BCUT2D eigenvalue weighted by molar-refractivity contribution is 6.32. The van der Waals surface area contributed by atoms with E-state index in [1.54, 1.807) is 18.2 Å². The zero-order valence-corrected chi connectivity index (χ0v) is 9.32. The Labute approximate surface area is 93.2 Å². The SMILES string of the molecule is CCNC(=O)c1ccc(Cl)c(CCl)c1. The molecule has 1 N–H and O–H groups in total. The molecule has 0 heterocycles. The van der Waals surface area contributed by atoms with Gasteiger partial charge in [-0.1, -0.05) is 11.6 Å². The van der Waals surface area contributed by atoms with Crippen molar-refractivity contribution in [2.24, 2.45) is 0 Å². The molecule has 14 heavy (non-hydrogen) atoms. The molecule has 0 unspecified atom stereocenters. The lowest BCUT2D eigenvalue weighted by atomic mass is 10.1. The van der Waals surface area contributed by atoms with Crippen LogP contribution in [0.15, 0.2) is 18.2 Å². The van der Waals surface area contributed by atoms with Crippen molar-refractivity contribution in [1.29, 1.82) is 0 Å². The Morgan fingerprint density at radius 3 is 2.79 bits per heavy atom. The largest absolute Gasteiger partial charge is 0.352 e. The van der Waals surface area contributed by atoms with Crippen molar-refractivity contribution in [3.05, 3.63) is 34.3 Å². The van der Waals surface area contributed by atoms with E-state index in [-0.39, 0.29) is 5.91 Å². The second-order valence-corrected chi connectivity index (χ2v) is 3.47. The normalized spacial score (nSPS) is 9.93. The lowest BCUT2D eigenvalue weighted by Gasteiger charge is -2.05. The summed E-state index contributed by atoms with van der Waals surface area (Å²) in [6.07, 6.45) is 0. The molecule has 0 saturated heterocycles. The highest BCUT2D eigenvalue weighted by Crippen LogP contribution is 2.19. The summed E-state index contributed by atoms with van der Waals surface area (Å²) in [4.78, 5) is 11.4. The van der Waals surface area contributed by atoms with Crippen LogP contribution in [0.1, 0.15) is 22.8 Å². The molecule has 0 saturated carbocycles. The first kappa shape index (κ1) is 11.3. The number of halogens is 2. The van der Waals surface area contributed by atoms with Crippen LogP contribution in [0.2, 0.25) is 5.02 Å². The number of carbonyl (C=O) groups excluding carboxylic acids is 1. The number of alkyl halides is 1. The molecular weight excluding hydrogens is 221 g/mol. The molecule has 0 aromatic heterocycles. The number of hydrogen-bond acceptors (Lipinski definition) is 1. The van der Waals surface area contributed by atoms with E-state index in [4.69, 9.17) is 23.2 Å². The molecule has 4 heteroatoms. The van der Waals surface area contributed by atoms with E-state index < -0.39 is 0 Å². The van der Waals surface area contributed by atoms with Crippen molar-refractivity contribution in [3.63, 3.8) is 0 Å². The third kappa shape index (κ3) is 2.63. The van der Waals surface area contributed by atoms with E-state index >= 15 is 0 Å². The minimum absolute atomic E-state index is 0.101. The van der Waals surface area contributed by atoms with Crippen LogP contribution in [-0.2, 0) is 5.88 Å². The number of rotatable bonds is 3. The molecule has 1 aromatic rings. The highest BCUT2D eigenvalue weighted by atomic mass is 35.5.